The van der Waals surface area contributed by atoms with Gasteiger partial charge in [-0.2, -0.15) is 0 Å². The highest BCUT2D eigenvalue weighted by molar-refractivity contribution is 4.90. The molecule has 0 saturated heterocycles. The Morgan fingerprint density at radius 3 is 2.21 bits per heavy atom. The third kappa shape index (κ3) is 5.26. The summed E-state index contributed by atoms with van der Waals surface area (Å²) in [4.78, 5) is 2.24. The minimum Gasteiger partial charge on any atom is -0.313 e. The molecular weight excluding hydrogens is 172 g/mol. The van der Waals surface area contributed by atoms with Crippen molar-refractivity contribution in [2.75, 3.05) is 20.1 Å². The van der Waals surface area contributed by atoms with Crippen molar-refractivity contribution >= 4 is 0 Å². The lowest BCUT2D eigenvalue weighted by atomic mass is 10.0. The zero-order valence-electron chi connectivity index (χ0n) is 10.2. The van der Waals surface area contributed by atoms with Crippen LogP contribution in [0.4, 0.5) is 0 Å². The average molecular weight is 196 g/mol. The summed E-state index contributed by atoms with van der Waals surface area (Å²) in [6, 6.07) is 1.06. The van der Waals surface area contributed by atoms with Crippen LogP contribution in [0.1, 0.15) is 27.7 Å². The van der Waals surface area contributed by atoms with E-state index in [-0.39, 0.29) is 0 Å². The highest BCUT2D eigenvalue weighted by Gasteiger charge is 2.17. The van der Waals surface area contributed by atoms with E-state index in [0.717, 1.165) is 13.1 Å². The van der Waals surface area contributed by atoms with Gasteiger partial charge in [0.1, 0.15) is 0 Å². The summed E-state index contributed by atoms with van der Waals surface area (Å²) in [6.07, 6.45) is 5.31. The van der Waals surface area contributed by atoms with E-state index in [1.807, 2.05) is 0 Å². The van der Waals surface area contributed by atoms with Gasteiger partial charge in [0.25, 0.3) is 0 Å². The number of terminal acetylenes is 1. The van der Waals surface area contributed by atoms with Crippen LogP contribution in [0.15, 0.2) is 0 Å². The van der Waals surface area contributed by atoms with Crippen molar-refractivity contribution in [1.82, 2.24) is 10.2 Å². The highest BCUT2D eigenvalue weighted by Crippen LogP contribution is 2.07. The van der Waals surface area contributed by atoms with Gasteiger partial charge in [0.05, 0.1) is 6.54 Å². The predicted molar refractivity (Wildman–Crippen MR) is 63.2 cm³/mol. The lowest BCUT2D eigenvalue weighted by Gasteiger charge is -2.30. The van der Waals surface area contributed by atoms with Crippen molar-refractivity contribution < 1.29 is 0 Å². The van der Waals surface area contributed by atoms with E-state index in [1.165, 1.54) is 0 Å². The van der Waals surface area contributed by atoms with Gasteiger partial charge in [-0.25, -0.2) is 0 Å². The summed E-state index contributed by atoms with van der Waals surface area (Å²) in [5.74, 6) is 3.31. The lowest BCUT2D eigenvalue weighted by molar-refractivity contribution is 0.204. The third-order valence-electron chi connectivity index (χ3n) is 2.41. The van der Waals surface area contributed by atoms with Gasteiger partial charge < -0.3 is 5.32 Å². The molecule has 0 rings (SSSR count). The summed E-state index contributed by atoms with van der Waals surface area (Å²) in [5.41, 5.74) is 0. The van der Waals surface area contributed by atoms with Crippen LogP contribution in [0.2, 0.25) is 0 Å². The molecule has 0 heterocycles. The molecule has 0 aliphatic carbocycles. The van der Waals surface area contributed by atoms with E-state index >= 15 is 0 Å². The van der Waals surface area contributed by atoms with Crippen LogP contribution < -0.4 is 5.32 Å². The minimum absolute atomic E-state index is 0.522. The standard InChI is InChI=1S/C12H24N2/c1-7-8-14(6)12(10(2)3)9-13-11(4)5/h1,10-13H,8-9H2,2-6H3. The monoisotopic (exact) mass is 196 g/mol. The van der Waals surface area contributed by atoms with Gasteiger partial charge in [-0.1, -0.05) is 33.6 Å². The molecule has 0 amide bonds. The van der Waals surface area contributed by atoms with Crippen LogP contribution in [-0.2, 0) is 0 Å². The molecular formula is C12H24N2. The number of hydrogen-bond acceptors (Lipinski definition) is 2. The third-order valence-corrected chi connectivity index (χ3v) is 2.41. The summed E-state index contributed by atoms with van der Waals surface area (Å²) < 4.78 is 0. The van der Waals surface area contributed by atoms with Crippen molar-refractivity contribution in [2.45, 2.75) is 39.8 Å². The van der Waals surface area contributed by atoms with E-state index in [0.29, 0.717) is 18.0 Å². The van der Waals surface area contributed by atoms with E-state index in [1.54, 1.807) is 0 Å². The van der Waals surface area contributed by atoms with Crippen molar-refractivity contribution in [3.05, 3.63) is 0 Å². The van der Waals surface area contributed by atoms with E-state index in [9.17, 15) is 0 Å². The molecule has 0 saturated carbocycles. The Labute approximate surface area is 89.1 Å². The summed E-state index contributed by atoms with van der Waals surface area (Å²) in [5, 5.41) is 3.46. The fourth-order valence-corrected chi connectivity index (χ4v) is 1.52. The Morgan fingerprint density at radius 2 is 1.86 bits per heavy atom. The maximum absolute atomic E-state index is 5.31. The Bertz CT molecular complexity index is 179. The second-order valence-electron chi connectivity index (χ2n) is 4.49. The van der Waals surface area contributed by atoms with Crippen LogP contribution >= 0.6 is 0 Å². The molecule has 0 radical (unpaired) electrons. The Hall–Kier alpha value is -0.520. The van der Waals surface area contributed by atoms with Gasteiger partial charge in [-0.3, -0.25) is 4.90 Å². The first kappa shape index (κ1) is 13.5. The quantitative estimate of drug-likeness (QED) is 0.649. The van der Waals surface area contributed by atoms with E-state index in [2.05, 4.69) is 50.9 Å². The number of nitrogens with one attached hydrogen (secondary N) is 1. The molecule has 2 nitrogen and oxygen atoms in total. The van der Waals surface area contributed by atoms with Crippen LogP contribution in [-0.4, -0.2) is 37.1 Å². The second kappa shape index (κ2) is 6.86. The molecule has 0 aromatic heterocycles. The molecule has 1 N–H and O–H groups in total. The number of likely N-dealkylation sites (N-methyl/N-ethyl adjacent to an activating group) is 1. The molecule has 0 bridgehead atoms. The fourth-order valence-electron chi connectivity index (χ4n) is 1.52. The molecule has 82 valence electrons. The number of hydrogen-bond donors (Lipinski definition) is 1. The summed E-state index contributed by atoms with van der Waals surface area (Å²) in [6.45, 7) is 10.5. The van der Waals surface area contributed by atoms with Gasteiger partial charge in [0.15, 0.2) is 0 Å². The number of nitrogens with zero attached hydrogens (tertiary/aromatic N) is 1. The fraction of sp³-hybridized carbons (Fsp3) is 0.833. The smallest absolute Gasteiger partial charge is 0.0599 e. The van der Waals surface area contributed by atoms with Gasteiger partial charge in [0.2, 0.25) is 0 Å². The molecule has 14 heavy (non-hydrogen) atoms. The van der Waals surface area contributed by atoms with Gasteiger partial charge in [-0.05, 0) is 13.0 Å². The van der Waals surface area contributed by atoms with Crippen LogP contribution in [0.3, 0.4) is 0 Å². The molecule has 1 unspecified atom stereocenters. The first-order valence-electron chi connectivity index (χ1n) is 5.36. The molecule has 2 heteroatoms. The Balaban J connectivity index is 4.09. The van der Waals surface area contributed by atoms with Crippen LogP contribution in [0, 0.1) is 18.3 Å². The minimum atomic E-state index is 0.522. The van der Waals surface area contributed by atoms with Crippen molar-refractivity contribution in [1.29, 1.82) is 0 Å². The van der Waals surface area contributed by atoms with Crippen molar-refractivity contribution in [3.63, 3.8) is 0 Å². The lowest BCUT2D eigenvalue weighted by Crippen LogP contribution is -2.45. The van der Waals surface area contributed by atoms with E-state index < -0.39 is 0 Å². The topological polar surface area (TPSA) is 15.3 Å². The molecule has 0 spiro atoms. The maximum atomic E-state index is 5.31. The molecule has 1 atom stereocenters. The highest BCUT2D eigenvalue weighted by atomic mass is 15.1. The SMILES string of the molecule is C#CCN(C)C(CNC(C)C)C(C)C. The zero-order chi connectivity index (χ0) is 11.1. The van der Waals surface area contributed by atoms with E-state index in [4.69, 9.17) is 6.42 Å². The zero-order valence-corrected chi connectivity index (χ0v) is 10.2. The Kier molecular flexibility index (Phi) is 6.61. The molecule has 0 aliphatic rings. The van der Waals surface area contributed by atoms with Gasteiger partial charge in [0, 0.05) is 18.6 Å². The van der Waals surface area contributed by atoms with Crippen molar-refractivity contribution in [3.8, 4) is 12.3 Å². The summed E-state index contributed by atoms with van der Waals surface area (Å²) in [7, 11) is 2.09. The second-order valence-corrected chi connectivity index (χ2v) is 4.49. The predicted octanol–water partition coefficient (Wildman–Crippen LogP) is 1.57. The molecule has 0 fully saturated rings. The van der Waals surface area contributed by atoms with Crippen LogP contribution in [0.5, 0.6) is 0 Å². The van der Waals surface area contributed by atoms with Crippen molar-refractivity contribution in [2.24, 2.45) is 5.92 Å². The normalized spacial score (nSPS) is 13.6. The Morgan fingerprint density at radius 1 is 1.29 bits per heavy atom. The molecule has 0 aliphatic heterocycles. The first-order valence-corrected chi connectivity index (χ1v) is 5.36. The van der Waals surface area contributed by atoms with Gasteiger partial charge >= 0.3 is 0 Å². The molecule has 0 aromatic rings. The summed E-state index contributed by atoms with van der Waals surface area (Å²) >= 11 is 0. The maximum Gasteiger partial charge on any atom is 0.0599 e. The largest absolute Gasteiger partial charge is 0.313 e. The number of rotatable bonds is 6. The van der Waals surface area contributed by atoms with Gasteiger partial charge in [-0.15, -0.1) is 6.42 Å². The first-order chi connectivity index (χ1) is 6.49. The average Bonchev–Trinajstić information content (AvgIpc) is 2.03. The molecule has 0 aromatic carbocycles. The van der Waals surface area contributed by atoms with Crippen LogP contribution in [0.25, 0.3) is 0 Å².